The zero-order valence-corrected chi connectivity index (χ0v) is 11.9. The standard InChI is InChI=1S/C15H23FN2O2/c1-18(11-15(19)4-6-20-7-5-15)10-13-8-12(9-17)2-3-14(13)16/h2-3,8,19H,4-7,9-11,17H2,1H3. The molecule has 0 bridgehead atoms. The van der Waals surface area contributed by atoms with Gasteiger partial charge in [-0.3, -0.25) is 4.90 Å². The first-order valence-electron chi connectivity index (χ1n) is 6.98. The summed E-state index contributed by atoms with van der Waals surface area (Å²) in [6.07, 6.45) is 1.26. The summed E-state index contributed by atoms with van der Waals surface area (Å²) in [4.78, 5) is 1.95. The lowest BCUT2D eigenvalue weighted by Crippen LogP contribution is -2.45. The Morgan fingerprint density at radius 1 is 1.40 bits per heavy atom. The van der Waals surface area contributed by atoms with Crippen LogP contribution >= 0.6 is 0 Å². The Labute approximate surface area is 119 Å². The first-order chi connectivity index (χ1) is 9.52. The van der Waals surface area contributed by atoms with E-state index in [1.54, 1.807) is 12.1 Å². The maximum atomic E-state index is 13.8. The number of hydrogen-bond donors (Lipinski definition) is 2. The number of aliphatic hydroxyl groups is 1. The third-order valence-corrected chi connectivity index (χ3v) is 3.77. The Hall–Kier alpha value is -1.01. The van der Waals surface area contributed by atoms with E-state index in [-0.39, 0.29) is 5.82 Å². The van der Waals surface area contributed by atoms with Crippen molar-refractivity contribution in [3.63, 3.8) is 0 Å². The second-order valence-corrected chi connectivity index (χ2v) is 5.64. The molecule has 5 heteroatoms. The molecule has 0 radical (unpaired) electrons. The SMILES string of the molecule is CN(Cc1cc(CN)ccc1F)CC1(O)CCOCC1. The molecule has 1 aliphatic heterocycles. The number of halogens is 1. The van der Waals surface area contributed by atoms with Crippen molar-refractivity contribution in [3.8, 4) is 0 Å². The summed E-state index contributed by atoms with van der Waals surface area (Å²) < 4.78 is 19.1. The molecule has 3 N–H and O–H groups in total. The quantitative estimate of drug-likeness (QED) is 0.853. The Kier molecular flexibility index (Phi) is 5.10. The van der Waals surface area contributed by atoms with E-state index < -0.39 is 5.60 Å². The summed E-state index contributed by atoms with van der Waals surface area (Å²) in [7, 11) is 1.89. The predicted octanol–water partition coefficient (Wildman–Crippen LogP) is 1.26. The van der Waals surface area contributed by atoms with Crippen molar-refractivity contribution in [1.29, 1.82) is 0 Å². The Morgan fingerprint density at radius 3 is 2.75 bits per heavy atom. The van der Waals surface area contributed by atoms with Gasteiger partial charge in [0.2, 0.25) is 0 Å². The summed E-state index contributed by atoms with van der Waals surface area (Å²) in [5.74, 6) is -0.229. The summed E-state index contributed by atoms with van der Waals surface area (Å²) in [6, 6.07) is 4.94. The van der Waals surface area contributed by atoms with Crippen LogP contribution in [0.4, 0.5) is 4.39 Å². The number of hydrogen-bond acceptors (Lipinski definition) is 4. The van der Waals surface area contributed by atoms with Gasteiger partial charge in [0.25, 0.3) is 0 Å². The van der Waals surface area contributed by atoms with Crippen molar-refractivity contribution >= 4 is 0 Å². The number of ether oxygens (including phenoxy) is 1. The molecule has 1 heterocycles. The Bertz CT molecular complexity index is 447. The first kappa shape index (κ1) is 15.4. The van der Waals surface area contributed by atoms with E-state index in [2.05, 4.69) is 0 Å². The summed E-state index contributed by atoms with van der Waals surface area (Å²) >= 11 is 0. The highest BCUT2D eigenvalue weighted by Crippen LogP contribution is 2.22. The minimum Gasteiger partial charge on any atom is -0.388 e. The zero-order chi connectivity index (χ0) is 14.6. The molecule has 20 heavy (non-hydrogen) atoms. The maximum absolute atomic E-state index is 13.8. The highest BCUT2D eigenvalue weighted by molar-refractivity contribution is 5.25. The second kappa shape index (κ2) is 6.63. The van der Waals surface area contributed by atoms with E-state index in [9.17, 15) is 9.50 Å². The fraction of sp³-hybridized carbons (Fsp3) is 0.600. The molecule has 1 saturated heterocycles. The Morgan fingerprint density at radius 2 is 2.10 bits per heavy atom. The number of nitrogens with two attached hydrogens (primary N) is 1. The van der Waals surface area contributed by atoms with Crippen LogP contribution in [0.1, 0.15) is 24.0 Å². The molecule has 0 unspecified atom stereocenters. The van der Waals surface area contributed by atoms with Crippen LogP contribution in [-0.4, -0.2) is 42.4 Å². The van der Waals surface area contributed by atoms with Crippen LogP contribution in [0.2, 0.25) is 0 Å². The monoisotopic (exact) mass is 282 g/mol. The van der Waals surface area contributed by atoms with Gasteiger partial charge >= 0.3 is 0 Å². The molecule has 1 aliphatic rings. The first-order valence-corrected chi connectivity index (χ1v) is 6.98. The number of rotatable bonds is 5. The predicted molar refractivity (Wildman–Crippen MR) is 75.6 cm³/mol. The lowest BCUT2D eigenvalue weighted by Gasteiger charge is -2.35. The lowest BCUT2D eigenvalue weighted by atomic mass is 9.94. The average Bonchev–Trinajstić information content (AvgIpc) is 2.41. The molecule has 0 amide bonds. The molecule has 0 spiro atoms. The van der Waals surface area contributed by atoms with E-state index in [0.29, 0.717) is 51.3 Å². The largest absolute Gasteiger partial charge is 0.388 e. The van der Waals surface area contributed by atoms with Crippen LogP contribution in [0.15, 0.2) is 18.2 Å². The minimum absolute atomic E-state index is 0.229. The fourth-order valence-electron chi connectivity index (χ4n) is 2.63. The van der Waals surface area contributed by atoms with Crippen LogP contribution in [0.5, 0.6) is 0 Å². The zero-order valence-electron chi connectivity index (χ0n) is 11.9. The second-order valence-electron chi connectivity index (χ2n) is 5.64. The molecule has 1 aromatic carbocycles. The molecule has 0 aliphatic carbocycles. The van der Waals surface area contributed by atoms with Gasteiger partial charge in [-0.2, -0.15) is 0 Å². The van der Waals surface area contributed by atoms with E-state index >= 15 is 0 Å². The summed E-state index contributed by atoms with van der Waals surface area (Å²) in [6.45, 7) is 2.55. The molecule has 2 rings (SSSR count). The highest BCUT2D eigenvalue weighted by atomic mass is 19.1. The number of benzene rings is 1. The maximum Gasteiger partial charge on any atom is 0.127 e. The number of nitrogens with zero attached hydrogens (tertiary/aromatic N) is 1. The third kappa shape index (κ3) is 3.99. The van der Waals surface area contributed by atoms with Gasteiger partial charge < -0.3 is 15.6 Å². The third-order valence-electron chi connectivity index (χ3n) is 3.77. The van der Waals surface area contributed by atoms with Gasteiger partial charge in [0.1, 0.15) is 5.82 Å². The van der Waals surface area contributed by atoms with E-state index in [1.165, 1.54) is 6.07 Å². The van der Waals surface area contributed by atoms with Gasteiger partial charge in [-0.1, -0.05) is 12.1 Å². The van der Waals surface area contributed by atoms with Crippen molar-refractivity contribution in [2.24, 2.45) is 5.73 Å². The molecular formula is C15H23FN2O2. The van der Waals surface area contributed by atoms with Gasteiger partial charge in [-0.05, 0) is 18.7 Å². The van der Waals surface area contributed by atoms with Gasteiger partial charge in [0.05, 0.1) is 5.60 Å². The van der Waals surface area contributed by atoms with Crippen LogP contribution in [0, 0.1) is 5.82 Å². The van der Waals surface area contributed by atoms with E-state index in [4.69, 9.17) is 10.5 Å². The molecular weight excluding hydrogens is 259 g/mol. The van der Waals surface area contributed by atoms with Gasteiger partial charge in [-0.25, -0.2) is 4.39 Å². The molecule has 4 nitrogen and oxygen atoms in total. The van der Waals surface area contributed by atoms with Gasteiger partial charge in [0, 0.05) is 51.3 Å². The van der Waals surface area contributed by atoms with Crippen LogP contribution in [0.25, 0.3) is 0 Å². The molecule has 0 atom stereocenters. The van der Waals surface area contributed by atoms with Gasteiger partial charge in [-0.15, -0.1) is 0 Å². The van der Waals surface area contributed by atoms with E-state index in [0.717, 1.165) is 5.56 Å². The van der Waals surface area contributed by atoms with Crippen molar-refractivity contribution in [1.82, 2.24) is 4.90 Å². The summed E-state index contributed by atoms with van der Waals surface area (Å²) in [5, 5.41) is 10.5. The van der Waals surface area contributed by atoms with Crippen molar-refractivity contribution in [2.45, 2.75) is 31.5 Å². The van der Waals surface area contributed by atoms with E-state index in [1.807, 2.05) is 11.9 Å². The average molecular weight is 282 g/mol. The van der Waals surface area contributed by atoms with Crippen LogP contribution < -0.4 is 5.73 Å². The van der Waals surface area contributed by atoms with Gasteiger partial charge in [0.15, 0.2) is 0 Å². The summed E-state index contributed by atoms with van der Waals surface area (Å²) in [5.41, 5.74) is 6.39. The molecule has 0 aromatic heterocycles. The van der Waals surface area contributed by atoms with Crippen LogP contribution in [0.3, 0.4) is 0 Å². The fourth-order valence-corrected chi connectivity index (χ4v) is 2.63. The molecule has 1 fully saturated rings. The normalized spacial score (nSPS) is 18.4. The minimum atomic E-state index is -0.727. The molecule has 1 aromatic rings. The molecule has 112 valence electrons. The van der Waals surface area contributed by atoms with Crippen molar-refractivity contribution < 1.29 is 14.2 Å². The van der Waals surface area contributed by atoms with Crippen LogP contribution in [-0.2, 0) is 17.8 Å². The smallest absolute Gasteiger partial charge is 0.127 e. The Balaban J connectivity index is 1.98. The highest BCUT2D eigenvalue weighted by Gasteiger charge is 2.31. The lowest BCUT2D eigenvalue weighted by molar-refractivity contribution is -0.0778. The number of likely N-dealkylation sites (N-methyl/N-ethyl adjacent to an activating group) is 1. The van der Waals surface area contributed by atoms with Crippen molar-refractivity contribution in [3.05, 3.63) is 35.1 Å². The van der Waals surface area contributed by atoms with Crippen molar-refractivity contribution in [2.75, 3.05) is 26.8 Å². The topological polar surface area (TPSA) is 58.7 Å². The molecule has 0 saturated carbocycles.